The highest BCUT2D eigenvalue weighted by Crippen LogP contribution is 2.26. The second-order valence-electron chi connectivity index (χ2n) is 4.87. The third-order valence-electron chi connectivity index (χ3n) is 3.46. The van der Waals surface area contributed by atoms with Crippen molar-refractivity contribution in [1.29, 1.82) is 0 Å². The van der Waals surface area contributed by atoms with E-state index in [0.29, 0.717) is 22.3 Å². The standard InChI is InChI=1S/C13H15BrN2O3/c1-7-5-16(6-9(7)13(18)19)12(17)8-2-3-11(15)10(14)4-8/h2-4,7,9H,5-6,15H2,1H3,(H,18,19)/t7-,9-/m1/s1. The summed E-state index contributed by atoms with van der Waals surface area (Å²) in [4.78, 5) is 24.9. The van der Waals surface area contributed by atoms with Crippen LogP contribution >= 0.6 is 15.9 Å². The second-order valence-corrected chi connectivity index (χ2v) is 5.72. The molecule has 6 heteroatoms. The van der Waals surface area contributed by atoms with Crippen molar-refractivity contribution < 1.29 is 14.7 Å². The lowest BCUT2D eigenvalue weighted by atomic mass is 9.99. The molecule has 1 aromatic carbocycles. The lowest BCUT2D eigenvalue weighted by molar-refractivity contribution is -0.142. The molecule has 102 valence electrons. The summed E-state index contributed by atoms with van der Waals surface area (Å²) in [7, 11) is 0. The number of nitrogen functional groups attached to an aromatic ring is 1. The average molecular weight is 327 g/mol. The molecule has 1 aliphatic rings. The predicted molar refractivity (Wildman–Crippen MR) is 74.7 cm³/mol. The van der Waals surface area contributed by atoms with E-state index in [1.54, 1.807) is 23.1 Å². The molecular weight excluding hydrogens is 312 g/mol. The molecule has 19 heavy (non-hydrogen) atoms. The summed E-state index contributed by atoms with van der Waals surface area (Å²) in [6.45, 7) is 2.58. The molecule has 0 aromatic heterocycles. The number of carboxylic acid groups (broad SMARTS) is 1. The highest BCUT2D eigenvalue weighted by molar-refractivity contribution is 9.10. The van der Waals surface area contributed by atoms with Crippen LogP contribution < -0.4 is 5.73 Å². The molecule has 0 spiro atoms. The van der Waals surface area contributed by atoms with Gasteiger partial charge in [-0.3, -0.25) is 9.59 Å². The average Bonchev–Trinajstić information content (AvgIpc) is 2.74. The van der Waals surface area contributed by atoms with Crippen molar-refractivity contribution in [2.24, 2.45) is 11.8 Å². The van der Waals surface area contributed by atoms with Gasteiger partial charge in [-0.15, -0.1) is 0 Å². The van der Waals surface area contributed by atoms with Gasteiger partial charge in [0.1, 0.15) is 0 Å². The second kappa shape index (κ2) is 5.21. The summed E-state index contributed by atoms with van der Waals surface area (Å²) < 4.78 is 0.667. The third kappa shape index (κ3) is 2.73. The first-order valence-corrected chi connectivity index (χ1v) is 6.76. The Morgan fingerprint density at radius 1 is 1.42 bits per heavy atom. The highest BCUT2D eigenvalue weighted by atomic mass is 79.9. The highest BCUT2D eigenvalue weighted by Gasteiger charge is 2.37. The quantitative estimate of drug-likeness (QED) is 0.812. The Balaban J connectivity index is 2.17. The zero-order valence-corrected chi connectivity index (χ0v) is 12.1. The number of aliphatic carboxylic acids is 1. The van der Waals surface area contributed by atoms with E-state index < -0.39 is 11.9 Å². The Morgan fingerprint density at radius 3 is 2.63 bits per heavy atom. The van der Waals surface area contributed by atoms with Crippen LogP contribution in [0.2, 0.25) is 0 Å². The van der Waals surface area contributed by atoms with E-state index in [9.17, 15) is 9.59 Å². The molecule has 0 aliphatic carbocycles. The van der Waals surface area contributed by atoms with E-state index in [4.69, 9.17) is 10.8 Å². The van der Waals surface area contributed by atoms with E-state index in [1.807, 2.05) is 6.92 Å². The molecule has 0 bridgehead atoms. The van der Waals surface area contributed by atoms with Gasteiger partial charge in [0.15, 0.2) is 0 Å². The van der Waals surface area contributed by atoms with Gasteiger partial charge in [0, 0.05) is 28.8 Å². The van der Waals surface area contributed by atoms with Gasteiger partial charge in [0.25, 0.3) is 5.91 Å². The number of nitrogens with zero attached hydrogens (tertiary/aromatic N) is 1. The van der Waals surface area contributed by atoms with Crippen LogP contribution in [-0.2, 0) is 4.79 Å². The van der Waals surface area contributed by atoms with Crippen molar-refractivity contribution in [2.45, 2.75) is 6.92 Å². The molecular formula is C13H15BrN2O3. The SMILES string of the molecule is C[C@@H]1CN(C(=O)c2ccc(N)c(Br)c2)C[C@H]1C(=O)O. The van der Waals surface area contributed by atoms with Gasteiger partial charge in [-0.1, -0.05) is 6.92 Å². The first-order valence-electron chi connectivity index (χ1n) is 5.97. The number of hydrogen-bond donors (Lipinski definition) is 2. The zero-order chi connectivity index (χ0) is 14.2. The number of benzene rings is 1. The van der Waals surface area contributed by atoms with Gasteiger partial charge in [-0.25, -0.2) is 0 Å². The smallest absolute Gasteiger partial charge is 0.308 e. The summed E-state index contributed by atoms with van der Waals surface area (Å²) in [6, 6.07) is 4.98. The molecule has 0 radical (unpaired) electrons. The van der Waals surface area contributed by atoms with E-state index in [-0.39, 0.29) is 18.4 Å². The number of hydrogen-bond acceptors (Lipinski definition) is 3. The summed E-state index contributed by atoms with van der Waals surface area (Å²) in [6.07, 6.45) is 0. The number of halogens is 1. The number of likely N-dealkylation sites (tertiary alicyclic amines) is 1. The molecule has 1 saturated heterocycles. The van der Waals surface area contributed by atoms with Crippen LogP contribution in [0, 0.1) is 11.8 Å². The van der Waals surface area contributed by atoms with Crippen molar-refractivity contribution in [3.05, 3.63) is 28.2 Å². The normalized spacial score (nSPS) is 22.5. The van der Waals surface area contributed by atoms with Crippen LogP contribution in [0.4, 0.5) is 5.69 Å². The number of carbonyl (C=O) groups excluding carboxylic acids is 1. The fourth-order valence-electron chi connectivity index (χ4n) is 2.30. The lowest BCUT2D eigenvalue weighted by Gasteiger charge is -2.16. The molecule has 1 amide bonds. The Bertz CT molecular complexity index is 533. The van der Waals surface area contributed by atoms with Gasteiger partial charge in [-0.2, -0.15) is 0 Å². The summed E-state index contributed by atoms with van der Waals surface area (Å²) in [5, 5.41) is 9.07. The van der Waals surface area contributed by atoms with Crippen LogP contribution in [0.3, 0.4) is 0 Å². The monoisotopic (exact) mass is 326 g/mol. The number of anilines is 1. The van der Waals surface area contributed by atoms with Crippen molar-refractivity contribution in [3.8, 4) is 0 Å². The molecule has 5 nitrogen and oxygen atoms in total. The minimum Gasteiger partial charge on any atom is -0.481 e. The third-order valence-corrected chi connectivity index (χ3v) is 4.15. The fourth-order valence-corrected chi connectivity index (χ4v) is 2.68. The van der Waals surface area contributed by atoms with Gasteiger partial charge in [0.05, 0.1) is 5.92 Å². The van der Waals surface area contributed by atoms with Crippen molar-refractivity contribution in [2.75, 3.05) is 18.8 Å². The van der Waals surface area contributed by atoms with Crippen molar-refractivity contribution >= 4 is 33.5 Å². The van der Waals surface area contributed by atoms with E-state index in [2.05, 4.69) is 15.9 Å². The molecule has 3 N–H and O–H groups in total. The van der Waals surface area contributed by atoms with Crippen LogP contribution in [0.5, 0.6) is 0 Å². The van der Waals surface area contributed by atoms with Crippen molar-refractivity contribution in [3.63, 3.8) is 0 Å². The first kappa shape index (κ1) is 13.9. The number of amides is 1. The fraction of sp³-hybridized carbons (Fsp3) is 0.385. The van der Waals surface area contributed by atoms with Gasteiger partial charge in [0.2, 0.25) is 0 Å². The van der Waals surface area contributed by atoms with E-state index in [1.165, 1.54) is 0 Å². The van der Waals surface area contributed by atoms with Crippen LogP contribution in [0.15, 0.2) is 22.7 Å². The maximum Gasteiger partial charge on any atom is 0.308 e. The summed E-state index contributed by atoms with van der Waals surface area (Å²) in [5.41, 5.74) is 6.75. The number of rotatable bonds is 2. The first-order chi connectivity index (χ1) is 8.90. The van der Waals surface area contributed by atoms with E-state index >= 15 is 0 Å². The molecule has 0 saturated carbocycles. The zero-order valence-electron chi connectivity index (χ0n) is 10.5. The van der Waals surface area contributed by atoms with Crippen LogP contribution in [0.25, 0.3) is 0 Å². The van der Waals surface area contributed by atoms with Gasteiger partial charge >= 0.3 is 5.97 Å². The Hall–Kier alpha value is -1.56. The number of nitrogens with two attached hydrogens (primary N) is 1. The molecule has 1 fully saturated rings. The molecule has 2 atom stereocenters. The lowest BCUT2D eigenvalue weighted by Crippen LogP contribution is -2.29. The van der Waals surface area contributed by atoms with Gasteiger partial charge < -0.3 is 15.7 Å². The molecule has 0 unspecified atom stereocenters. The number of carboxylic acids is 1. The Morgan fingerprint density at radius 2 is 2.11 bits per heavy atom. The van der Waals surface area contributed by atoms with Crippen LogP contribution in [-0.4, -0.2) is 35.0 Å². The summed E-state index contributed by atoms with van der Waals surface area (Å²) in [5.74, 6) is -1.52. The topological polar surface area (TPSA) is 83.6 Å². The molecule has 1 aromatic rings. The van der Waals surface area contributed by atoms with Gasteiger partial charge in [-0.05, 0) is 40.0 Å². The maximum absolute atomic E-state index is 12.3. The van der Waals surface area contributed by atoms with E-state index in [0.717, 1.165) is 0 Å². The Labute approximate surface area is 119 Å². The van der Waals surface area contributed by atoms with Crippen molar-refractivity contribution in [1.82, 2.24) is 4.90 Å². The summed E-state index contributed by atoms with van der Waals surface area (Å²) >= 11 is 3.28. The predicted octanol–water partition coefficient (Wildman–Crippen LogP) is 1.82. The van der Waals surface area contributed by atoms with Crippen LogP contribution in [0.1, 0.15) is 17.3 Å². The largest absolute Gasteiger partial charge is 0.481 e. The Kier molecular flexibility index (Phi) is 3.80. The molecule has 1 aliphatic heterocycles. The number of carbonyl (C=O) groups is 2. The minimum absolute atomic E-state index is 0.0290. The minimum atomic E-state index is -0.846. The maximum atomic E-state index is 12.3. The molecule has 1 heterocycles. The molecule has 2 rings (SSSR count).